The summed E-state index contributed by atoms with van der Waals surface area (Å²) in [6, 6.07) is 0.137. The quantitative estimate of drug-likeness (QED) is 0.832. The molecule has 2 aliphatic rings. The van der Waals surface area contributed by atoms with Crippen LogP contribution in [0.25, 0.3) is 0 Å². The standard InChI is InChI=1S/C14H26N2O2.ClH/c1-14(2)6-4-10(5-7-14)13(17)16-11-8-15-9-12(11)18-3;/h10-12,15H,4-9H2,1-3H3,(H,16,17);1H. The van der Waals surface area contributed by atoms with Gasteiger partial charge in [-0.2, -0.15) is 0 Å². The maximum atomic E-state index is 12.2. The van der Waals surface area contributed by atoms with Crippen molar-refractivity contribution in [3.8, 4) is 0 Å². The van der Waals surface area contributed by atoms with Crippen LogP contribution in [-0.4, -0.2) is 38.3 Å². The van der Waals surface area contributed by atoms with Crippen molar-refractivity contribution in [1.29, 1.82) is 0 Å². The summed E-state index contributed by atoms with van der Waals surface area (Å²) in [6.07, 6.45) is 4.48. The lowest BCUT2D eigenvalue weighted by Gasteiger charge is -2.34. The van der Waals surface area contributed by atoms with Gasteiger partial charge in [-0.1, -0.05) is 13.8 Å². The first kappa shape index (κ1) is 16.7. The molecule has 0 aromatic heterocycles. The number of carbonyl (C=O) groups excluding carboxylic acids is 1. The third kappa shape index (κ3) is 4.33. The van der Waals surface area contributed by atoms with E-state index in [2.05, 4.69) is 24.5 Å². The Morgan fingerprint density at radius 3 is 2.47 bits per heavy atom. The fraction of sp³-hybridized carbons (Fsp3) is 0.929. The number of rotatable bonds is 3. The molecule has 2 rings (SSSR count). The molecule has 2 N–H and O–H groups in total. The molecule has 5 heteroatoms. The van der Waals surface area contributed by atoms with E-state index in [0.29, 0.717) is 5.41 Å². The smallest absolute Gasteiger partial charge is 0.223 e. The first-order valence-electron chi connectivity index (χ1n) is 7.06. The maximum absolute atomic E-state index is 12.2. The fourth-order valence-electron chi connectivity index (χ4n) is 3.01. The largest absolute Gasteiger partial charge is 0.378 e. The van der Waals surface area contributed by atoms with E-state index in [9.17, 15) is 4.79 Å². The highest BCUT2D eigenvalue weighted by molar-refractivity contribution is 5.85. The van der Waals surface area contributed by atoms with Gasteiger partial charge in [0.2, 0.25) is 5.91 Å². The molecule has 19 heavy (non-hydrogen) atoms. The lowest BCUT2D eigenvalue weighted by atomic mass is 9.73. The van der Waals surface area contributed by atoms with Gasteiger partial charge in [-0.15, -0.1) is 12.4 Å². The Morgan fingerprint density at radius 2 is 1.89 bits per heavy atom. The molecule has 2 unspecified atom stereocenters. The lowest BCUT2D eigenvalue weighted by Crippen LogP contribution is -2.46. The normalized spacial score (nSPS) is 30.7. The highest BCUT2D eigenvalue weighted by Gasteiger charge is 2.34. The zero-order chi connectivity index (χ0) is 13.2. The van der Waals surface area contributed by atoms with Crippen molar-refractivity contribution >= 4 is 18.3 Å². The molecule has 1 aliphatic carbocycles. The number of carbonyl (C=O) groups is 1. The molecular formula is C14H27ClN2O2. The second-order valence-corrected chi connectivity index (χ2v) is 6.49. The molecule has 1 saturated heterocycles. The summed E-state index contributed by atoms with van der Waals surface area (Å²) in [5.41, 5.74) is 0.417. The summed E-state index contributed by atoms with van der Waals surface area (Å²) >= 11 is 0. The van der Waals surface area contributed by atoms with E-state index in [0.717, 1.165) is 38.8 Å². The topological polar surface area (TPSA) is 50.4 Å². The zero-order valence-electron chi connectivity index (χ0n) is 12.2. The fourth-order valence-corrected chi connectivity index (χ4v) is 3.01. The molecule has 0 spiro atoms. The summed E-state index contributed by atoms with van der Waals surface area (Å²) in [7, 11) is 1.71. The van der Waals surface area contributed by atoms with Crippen molar-refractivity contribution < 1.29 is 9.53 Å². The van der Waals surface area contributed by atoms with Gasteiger partial charge in [0, 0.05) is 26.1 Å². The zero-order valence-corrected chi connectivity index (χ0v) is 13.0. The van der Waals surface area contributed by atoms with Gasteiger partial charge in [0.05, 0.1) is 12.1 Å². The van der Waals surface area contributed by atoms with Gasteiger partial charge in [-0.25, -0.2) is 0 Å². The van der Waals surface area contributed by atoms with Gasteiger partial charge in [-0.05, 0) is 31.1 Å². The van der Waals surface area contributed by atoms with Crippen molar-refractivity contribution in [1.82, 2.24) is 10.6 Å². The summed E-state index contributed by atoms with van der Waals surface area (Å²) in [6.45, 7) is 6.24. The molecule has 0 aromatic rings. The monoisotopic (exact) mass is 290 g/mol. The predicted octanol–water partition coefficient (Wildman–Crippen LogP) is 1.73. The van der Waals surface area contributed by atoms with Gasteiger partial charge >= 0.3 is 0 Å². The van der Waals surface area contributed by atoms with Crippen LogP contribution >= 0.6 is 12.4 Å². The van der Waals surface area contributed by atoms with Crippen molar-refractivity contribution in [2.24, 2.45) is 11.3 Å². The van der Waals surface area contributed by atoms with Gasteiger partial charge < -0.3 is 15.4 Å². The minimum atomic E-state index is 0. The van der Waals surface area contributed by atoms with Crippen LogP contribution in [0.2, 0.25) is 0 Å². The first-order chi connectivity index (χ1) is 8.52. The minimum Gasteiger partial charge on any atom is -0.378 e. The third-order valence-electron chi connectivity index (χ3n) is 4.50. The molecule has 4 nitrogen and oxygen atoms in total. The van der Waals surface area contributed by atoms with Crippen LogP contribution in [0.5, 0.6) is 0 Å². The van der Waals surface area contributed by atoms with Crippen molar-refractivity contribution in [2.75, 3.05) is 20.2 Å². The molecule has 1 amide bonds. The molecular weight excluding hydrogens is 264 g/mol. The van der Waals surface area contributed by atoms with E-state index in [1.807, 2.05) is 0 Å². The van der Waals surface area contributed by atoms with E-state index in [4.69, 9.17) is 4.74 Å². The Labute approximate surface area is 122 Å². The molecule has 2 fully saturated rings. The molecule has 2 atom stereocenters. The molecule has 1 saturated carbocycles. The number of hydrogen-bond acceptors (Lipinski definition) is 3. The van der Waals surface area contributed by atoms with Crippen LogP contribution in [0.4, 0.5) is 0 Å². The molecule has 0 radical (unpaired) electrons. The highest BCUT2D eigenvalue weighted by Crippen LogP contribution is 2.38. The predicted molar refractivity (Wildman–Crippen MR) is 78.6 cm³/mol. The Kier molecular flexibility index (Phi) is 6.09. The molecule has 0 bridgehead atoms. The van der Waals surface area contributed by atoms with Crippen molar-refractivity contribution in [3.05, 3.63) is 0 Å². The number of ether oxygens (including phenoxy) is 1. The van der Waals surface area contributed by atoms with Crippen LogP contribution in [0.1, 0.15) is 39.5 Å². The molecule has 1 aliphatic heterocycles. The van der Waals surface area contributed by atoms with E-state index < -0.39 is 0 Å². The second kappa shape index (κ2) is 6.91. The van der Waals surface area contributed by atoms with E-state index >= 15 is 0 Å². The van der Waals surface area contributed by atoms with Crippen LogP contribution in [-0.2, 0) is 9.53 Å². The summed E-state index contributed by atoms with van der Waals surface area (Å²) in [5, 5.41) is 6.41. The average molecular weight is 291 g/mol. The van der Waals surface area contributed by atoms with Crippen LogP contribution in [0.3, 0.4) is 0 Å². The van der Waals surface area contributed by atoms with E-state index in [1.54, 1.807) is 7.11 Å². The van der Waals surface area contributed by atoms with Crippen LogP contribution < -0.4 is 10.6 Å². The molecule has 0 aromatic carbocycles. The number of hydrogen-bond donors (Lipinski definition) is 2. The van der Waals surface area contributed by atoms with E-state index in [1.165, 1.54) is 0 Å². The SMILES string of the molecule is COC1CNCC1NC(=O)C1CCC(C)(C)CC1.Cl. The van der Waals surface area contributed by atoms with Gasteiger partial charge in [0.15, 0.2) is 0 Å². The van der Waals surface area contributed by atoms with Crippen molar-refractivity contribution in [3.63, 3.8) is 0 Å². The summed E-state index contributed by atoms with van der Waals surface area (Å²) < 4.78 is 5.37. The van der Waals surface area contributed by atoms with E-state index in [-0.39, 0.29) is 36.4 Å². The molecule has 1 heterocycles. The Bertz CT molecular complexity index is 300. The van der Waals surface area contributed by atoms with Gasteiger partial charge in [-0.3, -0.25) is 4.79 Å². The van der Waals surface area contributed by atoms with Crippen molar-refractivity contribution in [2.45, 2.75) is 51.7 Å². The average Bonchev–Trinajstić information content (AvgIpc) is 2.76. The Morgan fingerprint density at radius 1 is 1.26 bits per heavy atom. The molecule has 112 valence electrons. The van der Waals surface area contributed by atoms with Crippen LogP contribution in [0.15, 0.2) is 0 Å². The lowest BCUT2D eigenvalue weighted by molar-refractivity contribution is -0.128. The highest BCUT2D eigenvalue weighted by atomic mass is 35.5. The maximum Gasteiger partial charge on any atom is 0.223 e. The van der Waals surface area contributed by atoms with Gasteiger partial charge in [0.25, 0.3) is 0 Å². The number of methoxy groups -OCH3 is 1. The second-order valence-electron chi connectivity index (χ2n) is 6.49. The number of amides is 1. The number of nitrogens with one attached hydrogen (secondary N) is 2. The van der Waals surface area contributed by atoms with Crippen LogP contribution in [0, 0.1) is 11.3 Å². The Balaban J connectivity index is 0.00000180. The minimum absolute atomic E-state index is 0. The third-order valence-corrected chi connectivity index (χ3v) is 4.50. The number of halogens is 1. The Hall–Kier alpha value is -0.320. The first-order valence-corrected chi connectivity index (χ1v) is 7.06. The summed E-state index contributed by atoms with van der Waals surface area (Å²) in [4.78, 5) is 12.2. The summed E-state index contributed by atoms with van der Waals surface area (Å²) in [5.74, 6) is 0.428. The van der Waals surface area contributed by atoms with Gasteiger partial charge in [0.1, 0.15) is 0 Å².